The average molecular weight is 1120 g/mol. The molecule has 0 aromatic rings. The van der Waals surface area contributed by atoms with Gasteiger partial charge in [0, 0.05) is 6.42 Å². The molecule has 12 atom stereocenters. The fraction of sp³-hybridized carbons (Fsp3) is 0.831. The van der Waals surface area contributed by atoms with Crippen molar-refractivity contribution in [3.8, 4) is 0 Å². The number of rotatable bonds is 51. The molecule has 0 radical (unpaired) electrons. The van der Waals surface area contributed by atoms with E-state index in [4.69, 9.17) is 18.9 Å². The van der Waals surface area contributed by atoms with Gasteiger partial charge in [-0.3, -0.25) is 4.79 Å². The van der Waals surface area contributed by atoms with Crippen LogP contribution in [0.15, 0.2) is 60.8 Å². The third-order valence-electron chi connectivity index (χ3n) is 15.4. The molecule has 0 aromatic heterocycles. The number of nitrogens with one attached hydrogen (secondary N) is 1. The second-order valence-corrected chi connectivity index (χ2v) is 22.5. The maximum atomic E-state index is 13.3. The van der Waals surface area contributed by atoms with Crippen molar-refractivity contribution in [3.05, 3.63) is 60.8 Å². The Bertz CT molecular complexity index is 1560. The molecule has 0 saturated carbocycles. The lowest BCUT2D eigenvalue weighted by Crippen LogP contribution is -2.65. The van der Waals surface area contributed by atoms with Gasteiger partial charge in [0.1, 0.15) is 48.8 Å². The van der Waals surface area contributed by atoms with Gasteiger partial charge in [-0.15, -0.1) is 0 Å². The number of aliphatic hydroxyl groups excluding tert-OH is 8. The zero-order valence-corrected chi connectivity index (χ0v) is 49.6. The maximum absolute atomic E-state index is 13.3. The van der Waals surface area contributed by atoms with Crippen LogP contribution in [-0.2, 0) is 23.7 Å². The second-order valence-electron chi connectivity index (χ2n) is 22.5. The summed E-state index contributed by atoms with van der Waals surface area (Å²) in [6.45, 7) is 2.78. The van der Waals surface area contributed by atoms with Gasteiger partial charge in [0.15, 0.2) is 12.6 Å². The molecule has 0 spiro atoms. The highest BCUT2D eigenvalue weighted by molar-refractivity contribution is 5.76. The number of unbranched alkanes of at least 4 members (excludes halogenated alkanes) is 30. The molecule has 14 nitrogen and oxygen atoms in total. The molecule has 9 N–H and O–H groups in total. The summed E-state index contributed by atoms with van der Waals surface area (Å²) in [5.41, 5.74) is 0. The molecule has 14 heteroatoms. The molecule has 0 bridgehead atoms. The number of carbonyl (C=O) groups excluding carboxylic acids is 1. The van der Waals surface area contributed by atoms with Crippen LogP contribution < -0.4 is 5.32 Å². The minimum atomic E-state index is -1.79. The summed E-state index contributed by atoms with van der Waals surface area (Å²) in [7, 11) is 0. The van der Waals surface area contributed by atoms with E-state index in [9.17, 15) is 45.6 Å². The number of carbonyl (C=O) groups is 1. The van der Waals surface area contributed by atoms with E-state index in [1.807, 2.05) is 6.08 Å². The van der Waals surface area contributed by atoms with Crippen molar-refractivity contribution in [1.29, 1.82) is 0 Å². The topological polar surface area (TPSA) is 228 Å². The highest BCUT2D eigenvalue weighted by Gasteiger charge is 2.51. The Balaban J connectivity index is 1.73. The van der Waals surface area contributed by atoms with Crippen molar-refractivity contribution in [2.45, 2.75) is 325 Å². The van der Waals surface area contributed by atoms with Crippen LogP contribution in [0.1, 0.15) is 251 Å². The zero-order valence-electron chi connectivity index (χ0n) is 49.6. The lowest BCUT2D eigenvalue weighted by molar-refractivity contribution is -0.359. The predicted molar refractivity (Wildman–Crippen MR) is 318 cm³/mol. The van der Waals surface area contributed by atoms with Crippen molar-refractivity contribution < 1.29 is 64.6 Å². The maximum Gasteiger partial charge on any atom is 0.220 e. The summed E-state index contributed by atoms with van der Waals surface area (Å²) >= 11 is 0. The fourth-order valence-corrected chi connectivity index (χ4v) is 10.3. The largest absolute Gasteiger partial charge is 0.394 e. The molecule has 2 fully saturated rings. The molecule has 1 amide bonds. The van der Waals surface area contributed by atoms with Gasteiger partial charge in [0.2, 0.25) is 5.91 Å². The number of hydrogen-bond acceptors (Lipinski definition) is 13. The quantitative estimate of drug-likeness (QED) is 0.0204. The summed E-state index contributed by atoms with van der Waals surface area (Å²) in [5, 5.41) is 87.2. The molecular weight excluding hydrogens is 1000 g/mol. The lowest BCUT2D eigenvalue weighted by atomic mass is 9.97. The van der Waals surface area contributed by atoms with Gasteiger partial charge in [-0.25, -0.2) is 0 Å². The summed E-state index contributed by atoms with van der Waals surface area (Å²) in [6, 6.07) is -0.935. The SMILES string of the molecule is CCCCCCC/C=C\C/C=C\C/C=C\CCCCCCCCCCCCCCC(=O)NC(COC1OC(CO)C(OC2OC(CO)C(O)C(O)C2O)C(O)C1O)C(O)/C=C/CC/C=C/CCCCCCCCCCCCCC. The highest BCUT2D eigenvalue weighted by Crippen LogP contribution is 2.30. The molecule has 460 valence electrons. The van der Waals surface area contributed by atoms with E-state index in [-0.39, 0.29) is 18.9 Å². The number of allylic oxidation sites excluding steroid dienone is 9. The van der Waals surface area contributed by atoms with Crippen molar-refractivity contribution in [2.75, 3.05) is 19.8 Å². The number of amides is 1. The summed E-state index contributed by atoms with van der Waals surface area (Å²) in [5.74, 6) is -0.251. The number of hydrogen-bond donors (Lipinski definition) is 9. The standard InChI is InChI=1S/C65H117NO13/c1-3-5-7-9-11-13-15-17-19-21-23-24-25-26-27-28-29-30-31-33-35-37-39-41-43-45-47-49-57(70)66-53(54(69)48-46-44-42-40-38-36-34-32-22-20-18-16-14-12-10-8-6-4-2)52-76-64-62(75)60(73)63(56(51-68)78-64)79-65-61(74)59(72)58(71)55(50-67)77-65/h15,17,21,23,25-26,38,40,46,48,53-56,58-65,67-69,71-75H,3-14,16,18-20,22,24,27-37,39,41-45,47,49-52H2,1-2H3,(H,66,70)/b17-15-,23-21-,26-25-,40-38+,48-46+. The number of ether oxygens (including phenoxy) is 4. The van der Waals surface area contributed by atoms with E-state index in [0.29, 0.717) is 12.8 Å². The molecule has 2 aliphatic rings. The molecule has 2 aliphatic heterocycles. The van der Waals surface area contributed by atoms with E-state index >= 15 is 0 Å². The molecule has 0 aliphatic carbocycles. The van der Waals surface area contributed by atoms with Gasteiger partial charge in [0.05, 0.1) is 32.0 Å². The van der Waals surface area contributed by atoms with E-state index < -0.39 is 86.8 Å². The Morgan fingerprint density at radius 2 is 0.848 bits per heavy atom. The van der Waals surface area contributed by atoms with E-state index in [0.717, 1.165) is 44.9 Å². The Labute approximate surface area is 479 Å². The van der Waals surface area contributed by atoms with Crippen molar-refractivity contribution in [1.82, 2.24) is 5.32 Å². The fourth-order valence-electron chi connectivity index (χ4n) is 10.3. The van der Waals surface area contributed by atoms with Gasteiger partial charge in [-0.05, 0) is 70.6 Å². The monoisotopic (exact) mass is 1120 g/mol. The second kappa shape index (κ2) is 50.2. The summed E-state index contributed by atoms with van der Waals surface area (Å²) in [6.07, 6.45) is 48.3. The van der Waals surface area contributed by atoms with Gasteiger partial charge in [0.25, 0.3) is 0 Å². The Hall–Kier alpha value is -2.31. The molecule has 0 aromatic carbocycles. The molecule has 79 heavy (non-hydrogen) atoms. The van der Waals surface area contributed by atoms with Crippen molar-refractivity contribution in [2.24, 2.45) is 0 Å². The van der Waals surface area contributed by atoms with E-state index in [1.54, 1.807) is 6.08 Å². The molecule has 12 unspecified atom stereocenters. The van der Waals surface area contributed by atoms with Crippen LogP contribution in [-0.4, -0.2) is 140 Å². The first-order chi connectivity index (χ1) is 38.6. The Morgan fingerprint density at radius 1 is 0.456 bits per heavy atom. The van der Waals surface area contributed by atoms with Crippen molar-refractivity contribution in [3.63, 3.8) is 0 Å². The van der Waals surface area contributed by atoms with Gasteiger partial charge in [-0.1, -0.05) is 235 Å². The minimum absolute atomic E-state index is 0.251. The molecule has 2 heterocycles. The van der Waals surface area contributed by atoms with Gasteiger partial charge < -0.3 is 65.1 Å². The van der Waals surface area contributed by atoms with Crippen molar-refractivity contribution >= 4 is 5.91 Å². The van der Waals surface area contributed by atoms with Crippen LogP contribution in [0.25, 0.3) is 0 Å². The highest BCUT2D eigenvalue weighted by atomic mass is 16.7. The molecular formula is C65H117NO13. The van der Waals surface area contributed by atoms with Crippen LogP contribution >= 0.6 is 0 Å². The zero-order chi connectivity index (χ0) is 57.4. The van der Waals surface area contributed by atoms with Crippen LogP contribution in [0.5, 0.6) is 0 Å². The van der Waals surface area contributed by atoms with Gasteiger partial charge in [-0.2, -0.15) is 0 Å². The first-order valence-corrected chi connectivity index (χ1v) is 32.0. The predicted octanol–water partition coefficient (Wildman–Crippen LogP) is 11.7. The Kier molecular flexibility index (Phi) is 46.3. The normalized spacial score (nSPS) is 24.8. The third-order valence-corrected chi connectivity index (χ3v) is 15.4. The summed E-state index contributed by atoms with van der Waals surface area (Å²) in [4.78, 5) is 13.3. The first kappa shape index (κ1) is 72.8. The lowest BCUT2D eigenvalue weighted by Gasteiger charge is -2.46. The first-order valence-electron chi connectivity index (χ1n) is 32.0. The third kappa shape index (κ3) is 35.4. The molecule has 2 rings (SSSR count). The van der Waals surface area contributed by atoms with Gasteiger partial charge >= 0.3 is 0 Å². The van der Waals surface area contributed by atoms with Crippen LogP contribution in [0.3, 0.4) is 0 Å². The van der Waals surface area contributed by atoms with Crippen LogP contribution in [0.4, 0.5) is 0 Å². The van der Waals surface area contributed by atoms with Crippen LogP contribution in [0, 0.1) is 0 Å². The Morgan fingerprint density at radius 3 is 1.33 bits per heavy atom. The summed E-state index contributed by atoms with van der Waals surface area (Å²) < 4.78 is 22.8. The van der Waals surface area contributed by atoms with Crippen LogP contribution in [0.2, 0.25) is 0 Å². The number of aliphatic hydroxyl groups is 8. The smallest absolute Gasteiger partial charge is 0.220 e. The minimum Gasteiger partial charge on any atom is -0.394 e. The van der Waals surface area contributed by atoms with E-state index in [1.165, 1.54) is 173 Å². The molecule has 2 saturated heterocycles. The average Bonchev–Trinajstić information content (AvgIpc) is 3.46. The van der Waals surface area contributed by atoms with E-state index in [2.05, 4.69) is 67.8 Å².